The molecule has 0 radical (unpaired) electrons. The van der Waals surface area contributed by atoms with Crippen LogP contribution in [0.15, 0.2) is 6.20 Å². The Bertz CT molecular complexity index is 1160. The topological polar surface area (TPSA) is 104 Å². The van der Waals surface area contributed by atoms with Crippen LogP contribution in [-0.4, -0.2) is 81.1 Å². The van der Waals surface area contributed by atoms with Gasteiger partial charge in [-0.2, -0.15) is 9.97 Å². The maximum Gasteiger partial charge on any atom is 0.405 e. The standard InChI is InChI=1S/C21H23ClF2N6O3/c22-16-14(24)15-13(6-25-16)17(29-7-11-4-21(11,9-29)28-19(31)32)27-18(26-15)33-10-20-2-1-3-30(20)8-12(23)5-20/h6,11-12,28H,1-5,7-10H2,(H,31,32)/t11?,12-,20+,21-/m1/s1. The second kappa shape index (κ2) is 7.23. The van der Waals surface area contributed by atoms with Crippen molar-refractivity contribution in [3.05, 3.63) is 17.2 Å². The molecule has 1 unspecified atom stereocenters. The van der Waals surface area contributed by atoms with Crippen LogP contribution < -0.4 is 15.0 Å². The third-order valence-corrected chi connectivity index (χ3v) is 7.90. The minimum absolute atomic E-state index is 0.00798. The summed E-state index contributed by atoms with van der Waals surface area (Å²) < 4.78 is 35.0. The lowest BCUT2D eigenvalue weighted by molar-refractivity contribution is 0.107. The molecule has 2 aromatic rings. The summed E-state index contributed by atoms with van der Waals surface area (Å²) in [7, 11) is 0. The molecule has 176 valence electrons. The number of aromatic nitrogens is 3. The molecule has 9 nitrogen and oxygen atoms in total. The number of pyridine rings is 1. The molecule has 0 bridgehead atoms. The summed E-state index contributed by atoms with van der Waals surface area (Å²) in [5.41, 5.74) is -0.922. The molecule has 2 aromatic heterocycles. The number of nitrogens with zero attached hydrogens (tertiary/aromatic N) is 5. The van der Waals surface area contributed by atoms with Crippen LogP contribution in [0.4, 0.5) is 19.4 Å². The Balaban J connectivity index is 1.33. The number of carboxylic acid groups (broad SMARTS) is 1. The molecule has 5 heterocycles. The van der Waals surface area contributed by atoms with Crippen molar-refractivity contribution < 1.29 is 23.4 Å². The second-order valence-electron chi connectivity index (χ2n) is 9.69. The highest BCUT2D eigenvalue weighted by molar-refractivity contribution is 6.30. The zero-order valence-electron chi connectivity index (χ0n) is 17.7. The van der Waals surface area contributed by atoms with E-state index in [0.717, 1.165) is 25.8 Å². The Hall–Kier alpha value is -2.53. The zero-order valence-corrected chi connectivity index (χ0v) is 18.5. The van der Waals surface area contributed by atoms with Gasteiger partial charge in [0.15, 0.2) is 11.0 Å². The first-order valence-electron chi connectivity index (χ1n) is 11.1. The molecule has 4 fully saturated rings. The summed E-state index contributed by atoms with van der Waals surface area (Å²) in [6.45, 7) is 2.42. The van der Waals surface area contributed by atoms with Gasteiger partial charge >= 0.3 is 12.1 Å². The zero-order chi connectivity index (χ0) is 23.0. The molecular formula is C21H23ClF2N6O3. The van der Waals surface area contributed by atoms with Gasteiger partial charge in [0.25, 0.3) is 0 Å². The lowest BCUT2D eigenvalue weighted by atomic mass is 9.95. The SMILES string of the molecule is O=C(O)N[C@@]12CC1CN(c1nc(OC[C@@]34CCCN3C[C@H](F)C4)nc3c(F)c(Cl)ncc13)C2. The number of nitrogens with one attached hydrogen (secondary N) is 1. The highest BCUT2D eigenvalue weighted by atomic mass is 35.5. The van der Waals surface area contributed by atoms with E-state index < -0.39 is 29.2 Å². The number of piperidine rings is 1. The Morgan fingerprint density at radius 3 is 3.03 bits per heavy atom. The smallest absolute Gasteiger partial charge is 0.405 e. The second-order valence-corrected chi connectivity index (χ2v) is 10.0. The van der Waals surface area contributed by atoms with Crippen molar-refractivity contribution in [3.63, 3.8) is 0 Å². The van der Waals surface area contributed by atoms with Crippen molar-refractivity contribution in [3.8, 4) is 6.01 Å². The number of rotatable bonds is 5. The minimum atomic E-state index is -1.07. The highest BCUT2D eigenvalue weighted by Gasteiger charge is 2.61. The Kier molecular flexibility index (Phi) is 4.61. The Labute approximate surface area is 193 Å². The van der Waals surface area contributed by atoms with Gasteiger partial charge in [0.1, 0.15) is 24.1 Å². The molecule has 4 atom stereocenters. The third-order valence-electron chi connectivity index (χ3n) is 7.63. The molecule has 0 aromatic carbocycles. The predicted octanol–water partition coefficient (Wildman–Crippen LogP) is 2.62. The summed E-state index contributed by atoms with van der Waals surface area (Å²) in [6, 6.07) is -0.0111. The molecule has 3 saturated heterocycles. The number of alkyl halides is 1. The minimum Gasteiger partial charge on any atom is -0.465 e. The first-order valence-corrected chi connectivity index (χ1v) is 11.5. The first kappa shape index (κ1) is 21.0. The summed E-state index contributed by atoms with van der Waals surface area (Å²) in [5, 5.41) is 11.9. The number of amides is 1. The van der Waals surface area contributed by atoms with Gasteiger partial charge in [-0.15, -0.1) is 0 Å². The van der Waals surface area contributed by atoms with E-state index in [9.17, 15) is 18.7 Å². The van der Waals surface area contributed by atoms with Crippen molar-refractivity contribution in [2.24, 2.45) is 5.92 Å². The van der Waals surface area contributed by atoms with E-state index in [0.29, 0.717) is 37.3 Å². The Morgan fingerprint density at radius 2 is 2.21 bits per heavy atom. The lowest BCUT2D eigenvalue weighted by Crippen LogP contribution is -2.43. The van der Waals surface area contributed by atoms with Crippen LogP contribution in [0, 0.1) is 11.7 Å². The fraction of sp³-hybridized carbons (Fsp3) is 0.619. The highest BCUT2D eigenvalue weighted by Crippen LogP contribution is 2.51. The molecule has 2 N–H and O–H groups in total. The molecule has 1 aliphatic carbocycles. The molecular weight excluding hydrogens is 458 g/mol. The normalized spacial score (nSPS) is 32.8. The van der Waals surface area contributed by atoms with Crippen molar-refractivity contribution in [2.45, 2.75) is 42.9 Å². The molecule has 1 saturated carbocycles. The number of anilines is 1. The van der Waals surface area contributed by atoms with Crippen LogP contribution in [0.2, 0.25) is 5.15 Å². The van der Waals surface area contributed by atoms with Gasteiger partial charge in [0.05, 0.1) is 16.5 Å². The largest absolute Gasteiger partial charge is 0.465 e. The molecule has 6 rings (SSSR count). The summed E-state index contributed by atoms with van der Waals surface area (Å²) >= 11 is 5.91. The number of ether oxygens (including phenoxy) is 1. The summed E-state index contributed by atoms with van der Waals surface area (Å²) in [4.78, 5) is 28.0. The van der Waals surface area contributed by atoms with Crippen molar-refractivity contribution in [2.75, 3.05) is 37.7 Å². The fourth-order valence-electron chi connectivity index (χ4n) is 6.00. The molecule has 1 amide bonds. The van der Waals surface area contributed by atoms with Crippen LogP contribution in [0.5, 0.6) is 6.01 Å². The molecule has 33 heavy (non-hydrogen) atoms. The van der Waals surface area contributed by atoms with Crippen LogP contribution in [0.1, 0.15) is 25.7 Å². The number of hydrogen-bond acceptors (Lipinski definition) is 7. The van der Waals surface area contributed by atoms with Crippen LogP contribution in [0.3, 0.4) is 0 Å². The molecule has 4 aliphatic rings. The van der Waals surface area contributed by atoms with E-state index in [2.05, 4.69) is 25.2 Å². The van der Waals surface area contributed by atoms with E-state index in [1.807, 2.05) is 4.90 Å². The van der Waals surface area contributed by atoms with Crippen LogP contribution in [-0.2, 0) is 0 Å². The van der Waals surface area contributed by atoms with Gasteiger partial charge in [-0.05, 0) is 25.8 Å². The van der Waals surface area contributed by atoms with Crippen molar-refractivity contribution >= 4 is 34.4 Å². The average molecular weight is 481 g/mol. The van der Waals surface area contributed by atoms with E-state index >= 15 is 0 Å². The van der Waals surface area contributed by atoms with Gasteiger partial charge < -0.3 is 20.1 Å². The van der Waals surface area contributed by atoms with E-state index in [-0.39, 0.29) is 29.2 Å². The predicted molar refractivity (Wildman–Crippen MR) is 115 cm³/mol. The maximum absolute atomic E-state index is 14.9. The lowest BCUT2D eigenvalue weighted by Gasteiger charge is -2.31. The summed E-state index contributed by atoms with van der Waals surface area (Å²) in [5.74, 6) is -0.192. The Morgan fingerprint density at radius 1 is 1.36 bits per heavy atom. The van der Waals surface area contributed by atoms with E-state index in [1.54, 1.807) is 0 Å². The summed E-state index contributed by atoms with van der Waals surface area (Å²) in [6.07, 6.45) is 2.41. The maximum atomic E-state index is 14.9. The first-order chi connectivity index (χ1) is 15.8. The van der Waals surface area contributed by atoms with E-state index in [4.69, 9.17) is 16.3 Å². The van der Waals surface area contributed by atoms with Crippen LogP contribution >= 0.6 is 11.6 Å². The monoisotopic (exact) mass is 480 g/mol. The quantitative estimate of drug-likeness (QED) is 0.629. The number of carbonyl (C=O) groups is 1. The molecule has 12 heteroatoms. The average Bonchev–Trinajstić information content (AvgIpc) is 3.03. The van der Waals surface area contributed by atoms with Gasteiger partial charge in [-0.25, -0.2) is 18.6 Å². The number of halogens is 3. The van der Waals surface area contributed by atoms with Crippen molar-refractivity contribution in [1.29, 1.82) is 0 Å². The van der Waals surface area contributed by atoms with Gasteiger partial charge in [-0.3, -0.25) is 4.90 Å². The van der Waals surface area contributed by atoms with Gasteiger partial charge in [0, 0.05) is 38.2 Å². The number of hydrogen-bond donors (Lipinski definition) is 2. The van der Waals surface area contributed by atoms with Gasteiger partial charge in [-0.1, -0.05) is 11.6 Å². The fourth-order valence-corrected chi connectivity index (χ4v) is 6.14. The third kappa shape index (κ3) is 3.35. The molecule has 3 aliphatic heterocycles. The van der Waals surface area contributed by atoms with E-state index in [1.165, 1.54) is 6.20 Å². The molecule has 0 spiro atoms. The number of fused-ring (bicyclic) bond motifs is 3. The van der Waals surface area contributed by atoms with Crippen LogP contribution in [0.25, 0.3) is 10.9 Å². The van der Waals surface area contributed by atoms with Gasteiger partial charge in [0.2, 0.25) is 0 Å². The van der Waals surface area contributed by atoms with Crippen molar-refractivity contribution in [1.82, 2.24) is 25.2 Å².